The number of hydrogen-bond acceptors (Lipinski definition) is 5. The molecular weight excluding hydrogens is 425 g/mol. The number of alkyl halides is 3. The molecule has 2 rings (SSSR count). The Kier molecular flexibility index (Phi) is 7.09. The van der Waals surface area contributed by atoms with E-state index >= 15 is 0 Å². The lowest BCUT2D eigenvalue weighted by molar-refractivity contribution is -0.204. The van der Waals surface area contributed by atoms with Crippen molar-refractivity contribution in [2.75, 3.05) is 11.9 Å². The summed E-state index contributed by atoms with van der Waals surface area (Å²) >= 11 is 5.90. The summed E-state index contributed by atoms with van der Waals surface area (Å²) in [4.78, 5) is 36.6. The van der Waals surface area contributed by atoms with Gasteiger partial charge >= 0.3 is 17.8 Å². The number of rotatable bonds is 7. The Hall–Kier alpha value is -3.07. The Morgan fingerprint density at radius 1 is 1.07 bits per heavy atom. The molecule has 0 aliphatic rings. The van der Waals surface area contributed by atoms with Crippen LogP contribution >= 0.6 is 11.6 Å². The summed E-state index contributed by atoms with van der Waals surface area (Å²) in [5.41, 5.74) is -4.02. The minimum Gasteiger partial charge on any atom is -0.463 e. The van der Waals surface area contributed by atoms with Crippen LogP contribution in [-0.4, -0.2) is 36.1 Å². The van der Waals surface area contributed by atoms with Crippen LogP contribution in [0, 0.1) is 0 Å². The van der Waals surface area contributed by atoms with Crippen molar-refractivity contribution in [3.63, 3.8) is 0 Å². The number of amides is 1. The maximum Gasteiger partial charge on any atom is 0.441 e. The summed E-state index contributed by atoms with van der Waals surface area (Å²) in [6.07, 6.45) is -5.32. The molecule has 10 heteroatoms. The highest BCUT2D eigenvalue weighted by Gasteiger charge is 2.63. The van der Waals surface area contributed by atoms with Crippen molar-refractivity contribution < 1.29 is 32.3 Å². The SMILES string of the molecule is CCOC(=O)C(NC(=O)c1ccccc1Cl)(Nc1cccc(C(C)=O)c1)C(F)(F)F. The van der Waals surface area contributed by atoms with Gasteiger partial charge in [0.15, 0.2) is 5.78 Å². The number of carbonyl (C=O) groups is 3. The van der Waals surface area contributed by atoms with E-state index in [1.165, 1.54) is 56.3 Å². The van der Waals surface area contributed by atoms with E-state index in [1.807, 2.05) is 5.32 Å². The van der Waals surface area contributed by atoms with Crippen molar-refractivity contribution in [2.24, 2.45) is 0 Å². The largest absolute Gasteiger partial charge is 0.463 e. The fraction of sp³-hybridized carbons (Fsp3) is 0.250. The summed E-state index contributed by atoms with van der Waals surface area (Å²) in [7, 11) is 0. The summed E-state index contributed by atoms with van der Waals surface area (Å²) in [5, 5.41) is 3.59. The van der Waals surface area contributed by atoms with E-state index < -0.39 is 29.5 Å². The number of halogens is 4. The normalized spacial score (nSPS) is 13.1. The molecule has 2 aromatic carbocycles. The van der Waals surface area contributed by atoms with E-state index in [1.54, 1.807) is 5.32 Å². The summed E-state index contributed by atoms with van der Waals surface area (Å²) in [6.45, 7) is 2.19. The third-order valence-corrected chi connectivity index (χ3v) is 4.36. The van der Waals surface area contributed by atoms with Gasteiger partial charge in [-0.1, -0.05) is 35.9 Å². The van der Waals surface area contributed by atoms with E-state index in [0.717, 1.165) is 6.07 Å². The predicted octanol–water partition coefficient (Wildman–Crippen LogP) is 4.21. The van der Waals surface area contributed by atoms with E-state index in [-0.39, 0.29) is 28.4 Å². The highest BCUT2D eigenvalue weighted by molar-refractivity contribution is 6.33. The number of nitrogens with one attached hydrogen (secondary N) is 2. The predicted molar refractivity (Wildman–Crippen MR) is 104 cm³/mol. The average Bonchev–Trinajstić information content (AvgIpc) is 2.67. The summed E-state index contributed by atoms with van der Waals surface area (Å²) in [6, 6.07) is 10.5. The Morgan fingerprint density at radius 2 is 1.73 bits per heavy atom. The molecule has 0 saturated carbocycles. The van der Waals surface area contributed by atoms with Gasteiger partial charge in [-0.3, -0.25) is 9.59 Å². The Labute approximate surface area is 175 Å². The fourth-order valence-electron chi connectivity index (χ4n) is 2.55. The molecule has 30 heavy (non-hydrogen) atoms. The number of hydrogen-bond donors (Lipinski definition) is 2. The van der Waals surface area contributed by atoms with Crippen LogP contribution in [0.4, 0.5) is 18.9 Å². The third-order valence-electron chi connectivity index (χ3n) is 4.03. The van der Waals surface area contributed by atoms with Crippen LogP contribution < -0.4 is 10.6 Å². The first kappa shape index (κ1) is 23.2. The van der Waals surface area contributed by atoms with Crippen molar-refractivity contribution in [1.82, 2.24) is 5.32 Å². The van der Waals surface area contributed by atoms with Crippen molar-refractivity contribution in [3.8, 4) is 0 Å². The van der Waals surface area contributed by atoms with E-state index in [0.29, 0.717) is 0 Å². The standard InChI is InChI=1S/C20H18ClF3N2O4/c1-3-30-18(29)19(20(22,23)24,25-14-8-6-7-13(11-14)12(2)27)26-17(28)15-9-4-5-10-16(15)21/h4-11,25H,3H2,1-2H3,(H,26,28). The molecule has 0 bridgehead atoms. The van der Waals surface area contributed by atoms with Gasteiger partial charge in [0, 0.05) is 11.3 Å². The van der Waals surface area contributed by atoms with Crippen LogP contribution in [-0.2, 0) is 9.53 Å². The lowest BCUT2D eigenvalue weighted by Gasteiger charge is -2.35. The Bertz CT molecular complexity index is 965. The van der Waals surface area contributed by atoms with Gasteiger partial charge in [0.2, 0.25) is 0 Å². The minimum absolute atomic E-state index is 0.103. The molecule has 2 N–H and O–H groups in total. The van der Waals surface area contributed by atoms with Gasteiger partial charge in [-0.05, 0) is 38.1 Å². The topological polar surface area (TPSA) is 84.5 Å². The number of esters is 1. The highest BCUT2D eigenvalue weighted by Crippen LogP contribution is 2.34. The van der Waals surface area contributed by atoms with Crippen LogP contribution in [0.15, 0.2) is 48.5 Å². The molecule has 1 amide bonds. The van der Waals surface area contributed by atoms with Gasteiger partial charge in [0.25, 0.3) is 5.91 Å². The molecule has 1 atom stereocenters. The van der Waals surface area contributed by atoms with E-state index in [2.05, 4.69) is 4.74 Å². The molecular formula is C20H18ClF3N2O4. The average molecular weight is 443 g/mol. The number of anilines is 1. The Balaban J connectivity index is 2.57. The summed E-state index contributed by atoms with van der Waals surface area (Å²) < 4.78 is 47.2. The zero-order valence-electron chi connectivity index (χ0n) is 16.0. The van der Waals surface area contributed by atoms with Crippen molar-refractivity contribution in [1.29, 1.82) is 0 Å². The first-order valence-corrected chi connectivity index (χ1v) is 9.09. The summed E-state index contributed by atoms with van der Waals surface area (Å²) in [5.74, 6) is -3.42. The quantitative estimate of drug-likeness (QED) is 0.381. The zero-order chi connectivity index (χ0) is 22.5. The van der Waals surface area contributed by atoms with Crippen molar-refractivity contribution in [2.45, 2.75) is 25.7 Å². The number of ketones is 1. The molecule has 0 spiro atoms. The zero-order valence-corrected chi connectivity index (χ0v) is 16.7. The van der Waals surface area contributed by atoms with E-state index in [9.17, 15) is 27.6 Å². The number of benzene rings is 2. The van der Waals surface area contributed by atoms with Gasteiger partial charge in [-0.25, -0.2) is 4.79 Å². The van der Waals surface area contributed by atoms with E-state index in [4.69, 9.17) is 11.6 Å². The van der Waals surface area contributed by atoms with Gasteiger partial charge in [0.05, 0.1) is 17.2 Å². The number of ether oxygens (including phenoxy) is 1. The molecule has 0 heterocycles. The van der Waals surface area contributed by atoms with Crippen LogP contribution in [0.5, 0.6) is 0 Å². The second kappa shape index (κ2) is 9.17. The lowest BCUT2D eigenvalue weighted by atomic mass is 10.1. The lowest BCUT2D eigenvalue weighted by Crippen LogP contribution is -2.69. The monoisotopic (exact) mass is 442 g/mol. The minimum atomic E-state index is -5.32. The smallest absolute Gasteiger partial charge is 0.441 e. The molecule has 6 nitrogen and oxygen atoms in total. The van der Waals surface area contributed by atoms with Crippen LogP contribution in [0.2, 0.25) is 5.02 Å². The van der Waals surface area contributed by atoms with Crippen molar-refractivity contribution >= 4 is 34.9 Å². The second-order valence-corrected chi connectivity index (χ2v) is 6.57. The molecule has 0 radical (unpaired) electrons. The van der Waals surface area contributed by atoms with Gasteiger partial charge in [0.1, 0.15) is 0 Å². The fourth-order valence-corrected chi connectivity index (χ4v) is 2.77. The molecule has 0 saturated heterocycles. The molecule has 2 aromatic rings. The Morgan fingerprint density at radius 3 is 2.30 bits per heavy atom. The molecule has 0 aromatic heterocycles. The van der Waals surface area contributed by atoms with Crippen molar-refractivity contribution in [3.05, 3.63) is 64.7 Å². The van der Waals surface area contributed by atoms with Crippen LogP contribution in [0.1, 0.15) is 34.6 Å². The molecule has 160 valence electrons. The maximum absolute atomic E-state index is 14.2. The highest BCUT2D eigenvalue weighted by atomic mass is 35.5. The third kappa shape index (κ3) is 4.91. The maximum atomic E-state index is 14.2. The first-order valence-electron chi connectivity index (χ1n) is 8.72. The molecule has 1 unspecified atom stereocenters. The second-order valence-electron chi connectivity index (χ2n) is 6.16. The van der Waals surface area contributed by atoms with Crippen LogP contribution in [0.25, 0.3) is 0 Å². The van der Waals surface area contributed by atoms with Gasteiger partial charge < -0.3 is 15.4 Å². The van der Waals surface area contributed by atoms with Crippen LogP contribution in [0.3, 0.4) is 0 Å². The van der Waals surface area contributed by atoms with Gasteiger partial charge in [-0.2, -0.15) is 13.2 Å². The molecule has 0 aliphatic heterocycles. The van der Waals surface area contributed by atoms with Gasteiger partial charge in [-0.15, -0.1) is 0 Å². The first-order chi connectivity index (χ1) is 14.0. The molecule has 0 aliphatic carbocycles. The molecule has 0 fully saturated rings. The number of Topliss-reactive ketones (excluding diaryl/α,β-unsaturated/α-hetero) is 1. The number of carbonyl (C=O) groups excluding carboxylic acids is 3.